The maximum Gasteiger partial charge on any atom is 0.348 e. The maximum absolute atomic E-state index is 12.7. The van der Waals surface area contributed by atoms with Crippen LogP contribution in [0.25, 0.3) is 0 Å². The molecule has 2 atom stereocenters. The first-order chi connectivity index (χ1) is 16.6. The van der Waals surface area contributed by atoms with Crippen LogP contribution in [0, 0.1) is 0 Å². The summed E-state index contributed by atoms with van der Waals surface area (Å²) in [5.41, 5.74) is 0.580. The van der Waals surface area contributed by atoms with E-state index in [4.69, 9.17) is 16.3 Å². The van der Waals surface area contributed by atoms with Gasteiger partial charge in [-0.25, -0.2) is 14.8 Å². The van der Waals surface area contributed by atoms with Crippen molar-refractivity contribution in [3.8, 4) is 0 Å². The number of carbonyl (C=O) groups excluding carboxylic acids is 2. The average Bonchev–Trinajstić information content (AvgIpc) is 3.43. The summed E-state index contributed by atoms with van der Waals surface area (Å²) < 4.78 is 5.61. The molecule has 35 heavy (non-hydrogen) atoms. The van der Waals surface area contributed by atoms with Gasteiger partial charge in [0.15, 0.2) is 21.8 Å². The van der Waals surface area contributed by atoms with Gasteiger partial charge in [0.2, 0.25) is 0 Å². The summed E-state index contributed by atoms with van der Waals surface area (Å²) in [6, 6.07) is -0.301. The third-order valence-electron chi connectivity index (χ3n) is 5.62. The van der Waals surface area contributed by atoms with Crippen molar-refractivity contribution in [3.05, 3.63) is 27.2 Å². The van der Waals surface area contributed by atoms with Gasteiger partial charge in [-0.3, -0.25) is 9.59 Å². The molecule has 192 valence electrons. The number of methoxy groups -OCH3 is 1. The third-order valence-corrected chi connectivity index (χ3v) is 7.03. The lowest BCUT2D eigenvalue weighted by Crippen LogP contribution is -2.55. The van der Waals surface area contributed by atoms with Gasteiger partial charge in [-0.2, -0.15) is 0 Å². The van der Waals surface area contributed by atoms with Crippen LogP contribution in [0.1, 0.15) is 49.8 Å². The molecule has 2 aromatic heterocycles. The maximum atomic E-state index is 12.7. The lowest BCUT2D eigenvalue weighted by Gasteiger charge is -2.37. The van der Waals surface area contributed by atoms with E-state index in [-0.39, 0.29) is 33.5 Å². The molecule has 1 saturated heterocycles. The molecular weight excluding hydrogens is 498 g/mol. The molecule has 1 aliphatic heterocycles. The number of carbonyl (C=O) groups is 3. The molecule has 0 aliphatic carbocycles. The van der Waals surface area contributed by atoms with Crippen molar-refractivity contribution in [1.82, 2.24) is 30.5 Å². The van der Waals surface area contributed by atoms with Crippen LogP contribution in [-0.4, -0.2) is 102 Å². The van der Waals surface area contributed by atoms with E-state index in [2.05, 4.69) is 25.6 Å². The summed E-state index contributed by atoms with van der Waals surface area (Å²) in [7, 11) is 5.29. The zero-order valence-electron chi connectivity index (χ0n) is 20.1. The normalized spacial score (nSPS) is 18.1. The highest BCUT2D eigenvalue weighted by Gasteiger charge is 2.34. The fourth-order valence-corrected chi connectivity index (χ4v) is 4.88. The number of halogens is 1. The Kier molecular flexibility index (Phi) is 9.05. The molecule has 12 nitrogen and oxygen atoms in total. The Morgan fingerprint density at radius 3 is 2.66 bits per heavy atom. The number of anilines is 1. The van der Waals surface area contributed by atoms with Gasteiger partial charge in [0.25, 0.3) is 11.8 Å². The Balaban J connectivity index is 1.69. The van der Waals surface area contributed by atoms with E-state index in [1.165, 1.54) is 0 Å². The van der Waals surface area contributed by atoms with Crippen LogP contribution in [0.3, 0.4) is 0 Å². The highest BCUT2D eigenvalue weighted by Crippen LogP contribution is 2.29. The van der Waals surface area contributed by atoms with Crippen molar-refractivity contribution in [1.29, 1.82) is 0 Å². The molecule has 2 amide bonds. The van der Waals surface area contributed by atoms with E-state index in [1.807, 2.05) is 30.8 Å². The number of aromatic carboxylic acids is 1. The van der Waals surface area contributed by atoms with E-state index in [1.54, 1.807) is 7.11 Å². The van der Waals surface area contributed by atoms with Gasteiger partial charge >= 0.3 is 5.97 Å². The number of carboxylic acids is 1. The quantitative estimate of drug-likeness (QED) is 0.355. The van der Waals surface area contributed by atoms with Gasteiger partial charge in [-0.05, 0) is 26.9 Å². The van der Waals surface area contributed by atoms with Crippen molar-refractivity contribution >= 4 is 45.9 Å². The fraction of sp³-hybridized carbons (Fsp3) is 0.571. The van der Waals surface area contributed by atoms with Crippen LogP contribution >= 0.6 is 22.9 Å². The van der Waals surface area contributed by atoms with E-state index in [0.717, 1.165) is 11.3 Å². The second-order valence-electron chi connectivity index (χ2n) is 8.34. The molecule has 0 bridgehead atoms. The van der Waals surface area contributed by atoms with Crippen LogP contribution in [0.4, 0.5) is 5.13 Å². The van der Waals surface area contributed by atoms with E-state index < -0.39 is 18.0 Å². The van der Waals surface area contributed by atoms with Crippen molar-refractivity contribution in [3.63, 3.8) is 0 Å². The summed E-state index contributed by atoms with van der Waals surface area (Å²) in [4.78, 5) is 52.0. The number of piperidine rings is 1. The van der Waals surface area contributed by atoms with Crippen molar-refractivity contribution < 1.29 is 24.2 Å². The Bertz CT molecular complexity index is 1070. The summed E-state index contributed by atoms with van der Waals surface area (Å²) in [5, 5.41) is 15.9. The summed E-state index contributed by atoms with van der Waals surface area (Å²) in [6.07, 6.45) is 0.754. The Labute approximate surface area is 212 Å². The highest BCUT2D eigenvalue weighted by atomic mass is 35.5. The topological polar surface area (TPSA) is 153 Å². The van der Waals surface area contributed by atoms with Gasteiger partial charge in [-0.1, -0.05) is 29.9 Å². The standard InChI is InChI=1S/C21H30ClN7O5S/c1-5-11-16(22)27-17(24-11)19(31)25-12-6-8-29(10-13(12)34-4)21-26-14(15(35-21)20(32)33)18(30)23-7-9-28(2)3/h12-13H,5-10H2,1-4H3,(H,23,30)(H,24,27)(H,25,31)(H,32,33)/t12-,13+/m1/s1. The number of imidazole rings is 1. The number of nitrogens with zero attached hydrogens (tertiary/aromatic N) is 4. The fourth-order valence-electron chi connectivity index (χ4n) is 3.68. The lowest BCUT2D eigenvalue weighted by atomic mass is 10.0. The zero-order valence-corrected chi connectivity index (χ0v) is 21.6. The van der Waals surface area contributed by atoms with Crippen LogP contribution in [0.5, 0.6) is 0 Å². The van der Waals surface area contributed by atoms with Crippen molar-refractivity contribution in [2.75, 3.05) is 52.3 Å². The number of rotatable bonds is 10. The van der Waals surface area contributed by atoms with Crippen molar-refractivity contribution in [2.45, 2.75) is 31.9 Å². The smallest absolute Gasteiger partial charge is 0.348 e. The highest BCUT2D eigenvalue weighted by molar-refractivity contribution is 7.17. The van der Waals surface area contributed by atoms with E-state index in [9.17, 15) is 19.5 Å². The van der Waals surface area contributed by atoms with Gasteiger partial charge in [0, 0.05) is 33.3 Å². The molecule has 0 radical (unpaired) electrons. The molecule has 0 spiro atoms. The molecule has 3 rings (SSSR count). The van der Waals surface area contributed by atoms with Crippen LogP contribution in [0.2, 0.25) is 5.15 Å². The molecule has 1 aliphatic rings. The lowest BCUT2D eigenvalue weighted by molar-refractivity contribution is 0.0538. The third kappa shape index (κ3) is 6.48. The number of aromatic amines is 1. The minimum Gasteiger partial charge on any atom is -0.477 e. The minimum absolute atomic E-state index is 0.109. The first kappa shape index (κ1) is 26.9. The van der Waals surface area contributed by atoms with Crippen LogP contribution in [-0.2, 0) is 11.2 Å². The molecule has 4 N–H and O–H groups in total. The second kappa shape index (κ2) is 11.8. The Hall–Kier alpha value is -2.74. The molecule has 14 heteroatoms. The monoisotopic (exact) mass is 527 g/mol. The Morgan fingerprint density at radius 2 is 2.06 bits per heavy atom. The van der Waals surface area contributed by atoms with Gasteiger partial charge in [0.1, 0.15) is 4.88 Å². The van der Waals surface area contributed by atoms with Crippen LogP contribution < -0.4 is 15.5 Å². The molecule has 0 saturated carbocycles. The number of ether oxygens (including phenoxy) is 1. The predicted octanol–water partition coefficient (Wildman–Crippen LogP) is 1.10. The largest absolute Gasteiger partial charge is 0.477 e. The van der Waals surface area contributed by atoms with Gasteiger partial charge in [0.05, 0.1) is 17.8 Å². The van der Waals surface area contributed by atoms with Crippen molar-refractivity contribution in [2.24, 2.45) is 0 Å². The summed E-state index contributed by atoms with van der Waals surface area (Å²) in [5.74, 6) is -1.98. The predicted molar refractivity (Wildman–Crippen MR) is 132 cm³/mol. The second-order valence-corrected chi connectivity index (χ2v) is 9.67. The molecule has 2 aromatic rings. The van der Waals surface area contributed by atoms with E-state index >= 15 is 0 Å². The number of likely N-dealkylation sites (N-methyl/N-ethyl adjacent to an activating group) is 1. The van der Waals surface area contributed by atoms with E-state index in [0.29, 0.717) is 49.8 Å². The minimum atomic E-state index is -1.21. The van der Waals surface area contributed by atoms with Crippen LogP contribution in [0.15, 0.2) is 0 Å². The van der Waals surface area contributed by atoms with Gasteiger partial charge < -0.3 is 35.3 Å². The molecule has 0 aromatic carbocycles. The average molecular weight is 528 g/mol. The number of carboxylic acid groups (broad SMARTS) is 1. The number of H-pyrrole nitrogens is 1. The molecular formula is C21H30ClN7O5S. The molecule has 1 fully saturated rings. The number of aromatic nitrogens is 3. The number of aryl methyl sites for hydroxylation is 1. The zero-order chi connectivity index (χ0) is 25.7. The number of nitrogens with one attached hydrogen (secondary N) is 3. The number of hydrogen-bond acceptors (Lipinski definition) is 9. The number of hydrogen-bond donors (Lipinski definition) is 4. The molecule has 3 heterocycles. The SMILES string of the molecule is CCc1[nH]c(C(=O)N[C@@H]2CCN(c3nc(C(=O)NCCN(C)C)c(C(=O)O)s3)C[C@@H]2OC)nc1Cl. The van der Waals surface area contributed by atoms with Gasteiger partial charge in [-0.15, -0.1) is 0 Å². The first-order valence-corrected chi connectivity index (χ1v) is 12.3. The number of amides is 2. The Morgan fingerprint density at radius 1 is 1.31 bits per heavy atom. The molecule has 0 unspecified atom stereocenters. The number of thiazole rings is 1. The first-order valence-electron chi connectivity index (χ1n) is 11.1. The summed E-state index contributed by atoms with van der Waals surface area (Å²) in [6.45, 7) is 3.73. The summed E-state index contributed by atoms with van der Waals surface area (Å²) >= 11 is 6.99.